The molecular weight excluding hydrogens is 276 g/mol. The van der Waals surface area contributed by atoms with E-state index in [2.05, 4.69) is 15.6 Å². The van der Waals surface area contributed by atoms with Crippen LogP contribution >= 0.6 is 0 Å². The van der Waals surface area contributed by atoms with Gasteiger partial charge in [0.05, 0.1) is 0 Å². The molecule has 0 aliphatic rings. The van der Waals surface area contributed by atoms with Crippen LogP contribution in [0.4, 0.5) is 20.2 Å². The molecule has 6 heteroatoms. The second-order valence-electron chi connectivity index (χ2n) is 4.49. The molecule has 0 atom stereocenters. The zero-order valence-electron chi connectivity index (χ0n) is 11.7. The van der Waals surface area contributed by atoms with Gasteiger partial charge in [-0.2, -0.15) is 0 Å². The third kappa shape index (κ3) is 3.53. The molecule has 1 heterocycles. The van der Waals surface area contributed by atoms with E-state index >= 15 is 0 Å². The Hall–Kier alpha value is -2.50. The Balaban J connectivity index is 2.24. The van der Waals surface area contributed by atoms with Crippen LogP contribution < -0.4 is 10.6 Å². The van der Waals surface area contributed by atoms with Crippen molar-refractivity contribution in [2.24, 2.45) is 0 Å². The van der Waals surface area contributed by atoms with Gasteiger partial charge in [0.2, 0.25) is 0 Å². The number of nitrogens with one attached hydrogen (secondary N) is 2. The Bertz CT molecular complexity index is 651. The lowest BCUT2D eigenvalue weighted by Gasteiger charge is -2.10. The van der Waals surface area contributed by atoms with Crippen molar-refractivity contribution in [3.8, 4) is 0 Å². The molecule has 110 valence electrons. The minimum absolute atomic E-state index is 0.0823. The first kappa shape index (κ1) is 14.9. The van der Waals surface area contributed by atoms with E-state index in [9.17, 15) is 13.6 Å². The van der Waals surface area contributed by atoms with Gasteiger partial charge in [0.15, 0.2) is 0 Å². The largest absolute Gasteiger partial charge is 0.381 e. The maximum atomic E-state index is 13.8. The molecule has 0 aliphatic carbocycles. The van der Waals surface area contributed by atoms with Crippen molar-refractivity contribution >= 4 is 17.3 Å². The van der Waals surface area contributed by atoms with Gasteiger partial charge >= 0.3 is 0 Å². The molecule has 4 nitrogen and oxygen atoms in total. The van der Waals surface area contributed by atoms with Crippen LogP contribution in [0.15, 0.2) is 30.5 Å². The highest BCUT2D eigenvalue weighted by Crippen LogP contribution is 2.21. The molecule has 0 saturated heterocycles. The number of hydrogen-bond donors (Lipinski definition) is 2. The normalized spacial score (nSPS) is 10.3. The van der Waals surface area contributed by atoms with E-state index in [4.69, 9.17) is 0 Å². The summed E-state index contributed by atoms with van der Waals surface area (Å²) < 4.78 is 27.5. The molecule has 0 unspecified atom stereocenters. The summed E-state index contributed by atoms with van der Waals surface area (Å²) in [5.41, 5.74) is 0.937. The summed E-state index contributed by atoms with van der Waals surface area (Å²) in [6, 6.07) is 5.27. The van der Waals surface area contributed by atoms with Crippen LogP contribution in [0.1, 0.15) is 23.0 Å². The number of halogens is 2. The van der Waals surface area contributed by atoms with Crippen LogP contribution in [0.5, 0.6) is 0 Å². The smallest absolute Gasteiger partial charge is 0.255 e. The van der Waals surface area contributed by atoms with Gasteiger partial charge in [0.1, 0.15) is 17.3 Å². The van der Waals surface area contributed by atoms with Crippen molar-refractivity contribution in [1.29, 1.82) is 0 Å². The van der Waals surface area contributed by atoms with E-state index in [1.165, 1.54) is 0 Å². The van der Waals surface area contributed by atoms with Gasteiger partial charge in [0, 0.05) is 29.7 Å². The Morgan fingerprint density at radius 2 is 1.90 bits per heavy atom. The van der Waals surface area contributed by atoms with Crippen molar-refractivity contribution in [1.82, 2.24) is 4.98 Å². The van der Waals surface area contributed by atoms with Gasteiger partial charge in [0.25, 0.3) is 5.91 Å². The molecule has 2 rings (SSSR count). The number of carbonyl (C=O) groups is 1. The molecule has 0 aliphatic heterocycles. The number of carbonyl (C=O) groups excluding carboxylic acids is 1. The molecular formula is C15H15F2N3O. The Morgan fingerprint density at radius 1 is 1.24 bits per heavy atom. The van der Waals surface area contributed by atoms with Crippen molar-refractivity contribution in [2.45, 2.75) is 13.8 Å². The predicted octanol–water partition coefficient (Wildman–Crippen LogP) is 3.35. The molecule has 1 aromatic heterocycles. The second kappa shape index (κ2) is 6.30. The lowest BCUT2D eigenvalue weighted by molar-refractivity contribution is 0.102. The minimum atomic E-state index is -0.798. The Kier molecular flexibility index (Phi) is 4.47. The van der Waals surface area contributed by atoms with Gasteiger partial charge in [-0.3, -0.25) is 9.78 Å². The van der Waals surface area contributed by atoms with Crippen LogP contribution in [0.25, 0.3) is 0 Å². The monoisotopic (exact) mass is 291 g/mol. The topological polar surface area (TPSA) is 54.0 Å². The van der Waals surface area contributed by atoms with Crippen molar-refractivity contribution < 1.29 is 13.6 Å². The van der Waals surface area contributed by atoms with Crippen LogP contribution in [0, 0.1) is 18.6 Å². The summed E-state index contributed by atoms with van der Waals surface area (Å²) in [4.78, 5) is 16.0. The Labute approximate surface area is 121 Å². The maximum Gasteiger partial charge on any atom is 0.255 e. The first-order valence-corrected chi connectivity index (χ1v) is 6.48. The third-order valence-corrected chi connectivity index (χ3v) is 2.81. The summed E-state index contributed by atoms with van der Waals surface area (Å²) in [6.45, 7) is 3.89. The van der Waals surface area contributed by atoms with Crippen LogP contribution in [0.2, 0.25) is 0 Å². The number of aromatic nitrogens is 1. The van der Waals surface area contributed by atoms with Crippen molar-refractivity contribution in [2.75, 3.05) is 17.2 Å². The fraction of sp³-hybridized carbons (Fsp3) is 0.200. The zero-order valence-corrected chi connectivity index (χ0v) is 11.7. The molecule has 0 saturated carbocycles. The quantitative estimate of drug-likeness (QED) is 0.908. The minimum Gasteiger partial charge on any atom is -0.381 e. The van der Waals surface area contributed by atoms with Gasteiger partial charge < -0.3 is 10.6 Å². The summed E-state index contributed by atoms with van der Waals surface area (Å²) in [5, 5.41) is 5.15. The predicted molar refractivity (Wildman–Crippen MR) is 77.4 cm³/mol. The number of pyridine rings is 1. The number of rotatable bonds is 4. The highest BCUT2D eigenvalue weighted by Gasteiger charge is 2.15. The molecule has 21 heavy (non-hydrogen) atoms. The van der Waals surface area contributed by atoms with E-state index in [1.807, 2.05) is 0 Å². The zero-order chi connectivity index (χ0) is 15.4. The molecule has 0 bridgehead atoms. The van der Waals surface area contributed by atoms with Gasteiger partial charge in [-0.1, -0.05) is 0 Å². The summed E-state index contributed by atoms with van der Waals surface area (Å²) in [5.74, 6) is -2.18. The lowest BCUT2D eigenvalue weighted by Crippen LogP contribution is -2.14. The number of nitrogens with zero attached hydrogens (tertiary/aromatic N) is 1. The van der Waals surface area contributed by atoms with Crippen LogP contribution in [-0.4, -0.2) is 17.4 Å². The van der Waals surface area contributed by atoms with E-state index in [1.54, 1.807) is 32.2 Å². The molecule has 0 fully saturated rings. The molecule has 2 aromatic rings. The number of benzene rings is 1. The molecule has 0 spiro atoms. The number of amides is 1. The molecule has 1 aromatic carbocycles. The third-order valence-electron chi connectivity index (χ3n) is 2.81. The first-order chi connectivity index (χ1) is 10.0. The van der Waals surface area contributed by atoms with E-state index in [-0.39, 0.29) is 11.3 Å². The molecule has 1 amide bonds. The first-order valence-electron chi connectivity index (χ1n) is 6.48. The standard InChI is InChI=1S/C15H15F2N3O/c1-3-18-14-12(16)7-10(8-13(14)17)15(21)20-11-4-5-19-9(2)6-11/h4-8,18H,3H2,1-2H3,(H,19,20,21). The fourth-order valence-corrected chi connectivity index (χ4v) is 1.88. The highest BCUT2D eigenvalue weighted by atomic mass is 19.1. The Morgan fingerprint density at radius 3 is 2.48 bits per heavy atom. The highest BCUT2D eigenvalue weighted by molar-refractivity contribution is 6.04. The number of hydrogen-bond acceptors (Lipinski definition) is 3. The SMILES string of the molecule is CCNc1c(F)cc(C(=O)Nc2ccnc(C)c2)cc1F. The van der Waals surface area contributed by atoms with Crippen LogP contribution in [0.3, 0.4) is 0 Å². The molecule has 2 N–H and O–H groups in total. The second-order valence-corrected chi connectivity index (χ2v) is 4.49. The van der Waals surface area contributed by atoms with Crippen molar-refractivity contribution in [3.63, 3.8) is 0 Å². The average Bonchev–Trinajstić information content (AvgIpc) is 2.42. The van der Waals surface area contributed by atoms with Crippen molar-refractivity contribution in [3.05, 3.63) is 53.4 Å². The van der Waals surface area contributed by atoms with Gasteiger partial charge in [-0.15, -0.1) is 0 Å². The summed E-state index contributed by atoms with van der Waals surface area (Å²) in [6.07, 6.45) is 1.54. The van der Waals surface area contributed by atoms with E-state index in [0.717, 1.165) is 17.8 Å². The van der Waals surface area contributed by atoms with E-state index < -0.39 is 17.5 Å². The maximum absolute atomic E-state index is 13.8. The fourth-order valence-electron chi connectivity index (χ4n) is 1.88. The summed E-state index contributed by atoms with van der Waals surface area (Å²) >= 11 is 0. The van der Waals surface area contributed by atoms with Crippen LogP contribution in [-0.2, 0) is 0 Å². The van der Waals surface area contributed by atoms with Gasteiger partial charge in [-0.05, 0) is 38.1 Å². The number of aryl methyl sites for hydroxylation is 1. The molecule has 0 radical (unpaired) electrons. The summed E-state index contributed by atoms with van der Waals surface area (Å²) in [7, 11) is 0. The average molecular weight is 291 g/mol. The van der Waals surface area contributed by atoms with Gasteiger partial charge in [-0.25, -0.2) is 8.78 Å². The number of anilines is 2. The lowest BCUT2D eigenvalue weighted by atomic mass is 10.1. The van der Waals surface area contributed by atoms with E-state index in [0.29, 0.717) is 12.2 Å².